The molecule has 1 atom stereocenters. The van der Waals surface area contributed by atoms with Crippen molar-refractivity contribution in [3.8, 4) is 0 Å². The molecule has 0 aliphatic heterocycles. The van der Waals surface area contributed by atoms with E-state index in [0.29, 0.717) is 11.7 Å². The highest BCUT2D eigenvalue weighted by atomic mass is 32.2. The maximum atomic E-state index is 11.9. The monoisotopic (exact) mass is 285 g/mol. The fourth-order valence-electron chi connectivity index (χ4n) is 2.69. The molecule has 0 bridgehead atoms. The van der Waals surface area contributed by atoms with Gasteiger partial charge in [-0.3, -0.25) is 4.68 Å². The number of aromatic nitrogens is 2. The first-order valence-corrected chi connectivity index (χ1v) is 8.78. The Morgan fingerprint density at radius 1 is 1.42 bits per heavy atom. The van der Waals surface area contributed by atoms with Crippen molar-refractivity contribution in [1.82, 2.24) is 9.78 Å². The van der Waals surface area contributed by atoms with E-state index in [1.54, 1.807) is 6.92 Å². The molecule has 2 rings (SSSR count). The van der Waals surface area contributed by atoms with Gasteiger partial charge < -0.3 is 5.73 Å². The molecule has 1 aromatic rings. The van der Waals surface area contributed by atoms with Gasteiger partial charge in [-0.1, -0.05) is 19.3 Å². The van der Waals surface area contributed by atoms with Crippen molar-refractivity contribution in [3.05, 3.63) is 18.0 Å². The maximum absolute atomic E-state index is 11.9. The topological polar surface area (TPSA) is 78.0 Å². The molecule has 0 aromatic carbocycles. The SMILES string of the molecule is CC(N)CS(=O)(=O)Cc1ccn(C2CCCCC2)n1. The lowest BCUT2D eigenvalue weighted by molar-refractivity contribution is 0.328. The Kier molecular flexibility index (Phi) is 4.62. The molecule has 0 amide bonds. The summed E-state index contributed by atoms with van der Waals surface area (Å²) in [5.41, 5.74) is 6.18. The summed E-state index contributed by atoms with van der Waals surface area (Å²) in [6.07, 6.45) is 7.98. The number of sulfone groups is 1. The van der Waals surface area contributed by atoms with Gasteiger partial charge in [-0.15, -0.1) is 0 Å². The Bertz CT molecular complexity index is 502. The number of rotatable bonds is 5. The third-order valence-corrected chi connectivity index (χ3v) is 5.27. The normalized spacial score (nSPS) is 19.5. The molecule has 1 heterocycles. The summed E-state index contributed by atoms with van der Waals surface area (Å²) in [4.78, 5) is 0. The van der Waals surface area contributed by atoms with Crippen LogP contribution < -0.4 is 5.73 Å². The Hall–Kier alpha value is -0.880. The van der Waals surface area contributed by atoms with Crippen molar-refractivity contribution in [1.29, 1.82) is 0 Å². The van der Waals surface area contributed by atoms with Crippen molar-refractivity contribution < 1.29 is 8.42 Å². The van der Waals surface area contributed by atoms with E-state index in [-0.39, 0.29) is 17.5 Å². The Labute approximate surface area is 115 Å². The minimum absolute atomic E-state index is 0.00569. The van der Waals surface area contributed by atoms with Gasteiger partial charge in [0.25, 0.3) is 0 Å². The first kappa shape index (κ1) is 14.5. The second-order valence-electron chi connectivity index (χ2n) is 5.61. The molecule has 19 heavy (non-hydrogen) atoms. The van der Waals surface area contributed by atoms with Crippen LogP contribution in [0.3, 0.4) is 0 Å². The first-order valence-electron chi connectivity index (χ1n) is 6.96. The molecule has 0 spiro atoms. The predicted octanol–water partition coefficient (Wildman–Crippen LogP) is 1.65. The minimum Gasteiger partial charge on any atom is -0.327 e. The van der Waals surface area contributed by atoms with Gasteiger partial charge >= 0.3 is 0 Å². The third kappa shape index (κ3) is 4.31. The minimum atomic E-state index is -3.15. The zero-order valence-corrected chi connectivity index (χ0v) is 12.3. The lowest BCUT2D eigenvalue weighted by Gasteiger charge is -2.21. The largest absolute Gasteiger partial charge is 0.327 e. The lowest BCUT2D eigenvalue weighted by Crippen LogP contribution is -2.27. The van der Waals surface area contributed by atoms with Crippen molar-refractivity contribution in [3.63, 3.8) is 0 Å². The van der Waals surface area contributed by atoms with Crippen LogP contribution in [-0.4, -0.2) is 30.0 Å². The fourth-order valence-corrected chi connectivity index (χ4v) is 4.21. The zero-order valence-electron chi connectivity index (χ0n) is 11.5. The molecule has 0 radical (unpaired) electrons. The molecule has 108 valence electrons. The molecule has 6 heteroatoms. The Morgan fingerprint density at radius 3 is 2.74 bits per heavy atom. The summed E-state index contributed by atoms with van der Waals surface area (Å²) in [6, 6.07) is 1.93. The van der Waals surface area contributed by atoms with Gasteiger partial charge in [0.15, 0.2) is 9.84 Å². The van der Waals surface area contributed by atoms with E-state index < -0.39 is 9.84 Å². The van der Waals surface area contributed by atoms with Crippen molar-refractivity contribution >= 4 is 9.84 Å². The Balaban J connectivity index is 2.00. The molecule has 1 saturated carbocycles. The predicted molar refractivity (Wildman–Crippen MR) is 75.5 cm³/mol. The van der Waals surface area contributed by atoms with Gasteiger partial charge in [-0.25, -0.2) is 8.42 Å². The zero-order chi connectivity index (χ0) is 13.9. The molecule has 1 aliphatic rings. The number of hydrogen-bond donors (Lipinski definition) is 1. The summed E-state index contributed by atoms with van der Waals surface area (Å²) >= 11 is 0. The molecule has 1 aliphatic carbocycles. The van der Waals surface area contributed by atoms with E-state index in [0.717, 1.165) is 12.8 Å². The summed E-state index contributed by atoms with van der Waals surface area (Å²) in [6.45, 7) is 1.71. The summed E-state index contributed by atoms with van der Waals surface area (Å²) in [5.74, 6) is 0.0115. The van der Waals surface area contributed by atoms with Crippen LogP contribution in [0.25, 0.3) is 0 Å². The number of hydrogen-bond acceptors (Lipinski definition) is 4. The highest BCUT2D eigenvalue weighted by Gasteiger charge is 2.19. The molecule has 1 aromatic heterocycles. The van der Waals surface area contributed by atoms with Crippen molar-refractivity contribution in [2.75, 3.05) is 5.75 Å². The van der Waals surface area contributed by atoms with E-state index in [2.05, 4.69) is 5.10 Å². The molecule has 0 saturated heterocycles. The van der Waals surface area contributed by atoms with E-state index in [4.69, 9.17) is 5.73 Å². The highest BCUT2D eigenvalue weighted by molar-refractivity contribution is 7.90. The summed E-state index contributed by atoms with van der Waals surface area (Å²) in [5, 5.41) is 4.42. The van der Waals surface area contributed by atoms with Gasteiger partial charge in [-0.2, -0.15) is 5.10 Å². The van der Waals surface area contributed by atoms with Gasteiger partial charge in [0.05, 0.1) is 23.2 Å². The summed E-state index contributed by atoms with van der Waals surface area (Å²) in [7, 11) is -3.15. The van der Waals surface area contributed by atoms with Crippen LogP contribution in [0, 0.1) is 0 Å². The van der Waals surface area contributed by atoms with Crippen LogP contribution in [0.5, 0.6) is 0 Å². The molecular weight excluding hydrogens is 262 g/mol. The molecule has 5 nitrogen and oxygen atoms in total. The average Bonchev–Trinajstić information content (AvgIpc) is 2.76. The second-order valence-corrected chi connectivity index (χ2v) is 7.72. The van der Waals surface area contributed by atoms with Gasteiger partial charge in [0, 0.05) is 12.2 Å². The van der Waals surface area contributed by atoms with Gasteiger partial charge in [0.2, 0.25) is 0 Å². The van der Waals surface area contributed by atoms with E-state index in [1.807, 2.05) is 16.9 Å². The molecule has 1 unspecified atom stereocenters. The smallest absolute Gasteiger partial charge is 0.157 e. The second kappa shape index (κ2) is 6.05. The summed E-state index contributed by atoms with van der Waals surface area (Å²) < 4.78 is 25.7. The quantitative estimate of drug-likeness (QED) is 0.892. The fraction of sp³-hybridized carbons (Fsp3) is 0.769. The third-order valence-electron chi connectivity index (χ3n) is 3.50. The van der Waals surface area contributed by atoms with Crippen molar-refractivity contribution in [2.45, 2.75) is 56.9 Å². The number of nitrogens with zero attached hydrogens (tertiary/aromatic N) is 2. The molecular formula is C13H23N3O2S. The van der Waals surface area contributed by atoms with Gasteiger partial charge in [-0.05, 0) is 25.8 Å². The van der Waals surface area contributed by atoms with Crippen LogP contribution in [-0.2, 0) is 15.6 Å². The van der Waals surface area contributed by atoms with E-state index in [1.165, 1.54) is 19.3 Å². The first-order chi connectivity index (χ1) is 8.96. The number of nitrogens with two attached hydrogens (primary N) is 1. The average molecular weight is 285 g/mol. The van der Waals surface area contributed by atoms with E-state index in [9.17, 15) is 8.42 Å². The van der Waals surface area contributed by atoms with Crippen LogP contribution in [0.15, 0.2) is 12.3 Å². The maximum Gasteiger partial charge on any atom is 0.157 e. The molecule has 2 N–H and O–H groups in total. The lowest BCUT2D eigenvalue weighted by atomic mass is 9.96. The Morgan fingerprint density at radius 2 is 2.11 bits per heavy atom. The van der Waals surface area contributed by atoms with E-state index >= 15 is 0 Å². The van der Waals surface area contributed by atoms with Crippen molar-refractivity contribution in [2.24, 2.45) is 5.73 Å². The van der Waals surface area contributed by atoms with Crippen LogP contribution in [0.2, 0.25) is 0 Å². The molecule has 1 fully saturated rings. The van der Waals surface area contributed by atoms with Crippen LogP contribution >= 0.6 is 0 Å². The van der Waals surface area contributed by atoms with Crippen LogP contribution in [0.1, 0.15) is 50.8 Å². The highest BCUT2D eigenvalue weighted by Crippen LogP contribution is 2.27. The standard InChI is InChI=1S/C13H23N3O2S/c1-11(14)9-19(17,18)10-12-7-8-16(15-12)13-5-3-2-4-6-13/h7-8,11,13H,2-6,9-10,14H2,1H3. The van der Waals surface area contributed by atoms with Crippen LogP contribution in [0.4, 0.5) is 0 Å². The van der Waals surface area contributed by atoms with Gasteiger partial charge in [0.1, 0.15) is 0 Å².